The fourth-order valence-electron chi connectivity index (χ4n) is 8.34. The van der Waals surface area contributed by atoms with Gasteiger partial charge in [-0.15, -0.1) is 20.4 Å². The molecular weight excluding hydrogens is 942 g/mol. The summed E-state index contributed by atoms with van der Waals surface area (Å²) in [6.07, 6.45) is 1.09. The van der Waals surface area contributed by atoms with E-state index in [1.54, 1.807) is 18.2 Å². The zero-order chi connectivity index (χ0) is 51.7. The van der Waals surface area contributed by atoms with Crippen LogP contribution in [-0.2, 0) is 9.68 Å². The Labute approximate surface area is 417 Å². The summed E-state index contributed by atoms with van der Waals surface area (Å²) < 4.78 is 16.9. The topological polar surface area (TPSA) is 283 Å². The largest absolute Gasteiger partial charge is 0.361 e. The number of benzene rings is 2. The first-order valence-corrected chi connectivity index (χ1v) is 22.6. The van der Waals surface area contributed by atoms with Crippen molar-refractivity contribution in [3.63, 3.8) is 0 Å². The van der Waals surface area contributed by atoms with Crippen molar-refractivity contribution in [3.8, 4) is 11.4 Å². The average Bonchev–Trinajstić information content (AvgIpc) is 3.96. The number of aryl methyl sites for hydroxylation is 4. The van der Waals surface area contributed by atoms with Gasteiger partial charge in [-0.25, -0.2) is 49.6 Å². The van der Waals surface area contributed by atoms with E-state index in [1.165, 1.54) is 26.4 Å². The Hall–Kier alpha value is -9.30. The Balaban J connectivity index is 0.000000180. The van der Waals surface area contributed by atoms with Gasteiger partial charge in [-0.3, -0.25) is 19.3 Å². The van der Waals surface area contributed by atoms with Crippen LogP contribution in [0.15, 0.2) is 72.9 Å². The third-order valence-electron chi connectivity index (χ3n) is 11.7. The highest BCUT2D eigenvalue weighted by Crippen LogP contribution is 2.44. The first-order valence-electron chi connectivity index (χ1n) is 22.6. The highest BCUT2D eigenvalue weighted by Gasteiger charge is 2.33. The van der Waals surface area contributed by atoms with Crippen LogP contribution in [0, 0.1) is 33.5 Å². The van der Waals surface area contributed by atoms with E-state index in [2.05, 4.69) is 104 Å². The predicted molar refractivity (Wildman–Crippen MR) is 268 cm³/mol. The Morgan fingerprint density at radius 2 is 1.05 bits per heavy atom. The molecule has 0 radical (unpaired) electrons. The molecule has 0 fully saturated rings. The molecule has 2 aliphatic heterocycles. The van der Waals surface area contributed by atoms with Crippen molar-refractivity contribution in [1.29, 1.82) is 0 Å². The smallest absolute Gasteiger partial charge is 0.297 e. The van der Waals surface area contributed by atoms with Crippen LogP contribution in [0.5, 0.6) is 0 Å². The van der Waals surface area contributed by atoms with E-state index < -0.39 is 17.6 Å². The van der Waals surface area contributed by atoms with Crippen LogP contribution in [0.4, 0.5) is 61.8 Å². The number of hydroxylamine groups is 2. The van der Waals surface area contributed by atoms with Crippen molar-refractivity contribution in [3.05, 3.63) is 125 Å². The van der Waals surface area contributed by atoms with E-state index >= 15 is 0 Å². The molecule has 0 saturated carbocycles. The van der Waals surface area contributed by atoms with Gasteiger partial charge in [-0.2, -0.15) is 10.2 Å². The van der Waals surface area contributed by atoms with Crippen LogP contribution in [-0.4, -0.2) is 105 Å². The maximum Gasteiger partial charge on any atom is 0.297 e. The van der Waals surface area contributed by atoms with Crippen molar-refractivity contribution >= 4 is 69.2 Å². The van der Waals surface area contributed by atoms with Gasteiger partial charge in [0.05, 0.1) is 78.0 Å². The van der Waals surface area contributed by atoms with Crippen LogP contribution in [0.2, 0.25) is 0 Å². The minimum atomic E-state index is -0.584. The van der Waals surface area contributed by atoms with Gasteiger partial charge in [0, 0.05) is 38.0 Å². The minimum Gasteiger partial charge on any atom is -0.361 e. The molecule has 374 valence electrons. The van der Waals surface area contributed by atoms with Gasteiger partial charge < -0.3 is 31.1 Å². The number of hydrogen-bond acceptors (Lipinski definition) is 21. The Morgan fingerprint density at radius 3 is 1.51 bits per heavy atom. The lowest BCUT2D eigenvalue weighted by atomic mass is 10.1. The lowest BCUT2D eigenvalue weighted by Crippen LogP contribution is -2.31. The SMILES string of the molecule is CONC(=O)c1nnc(Nc2cc(C)nc(C)n2)cc1Nc1cccc2c1N(C)C(C)c1nc(C)nn1-2.CONC(=O)c1nnc(Nc2ccc(F)cn2)cc1Nc1cccc2c1N(C)C(C)c1nc(C)nn1-2. The maximum absolute atomic E-state index is 13.2. The standard InChI is InChI=1S/C24H27N11O2.C23H23FN10O2/c1-12-10-19(26-14(3)25-12)29-20-11-17(21(31-30-20)24(36)33-37-6)28-16-8-7-9-18-22(16)34(5)13(2)23-27-15(4)32-35(18)23;1-12-22-26-13(2)31-34(22)17-7-5-6-15(21(17)33(12)3)27-16-10-19(28-18-9-8-14(24)11-25-18)29-30-20(16)23(35)32-36-4/h7-11,13H,1-6H3,(H,33,36)(H2,25,26,28,29,30);5-12H,1-4H3,(H,32,35)(H2,25,27,28,29). The fraction of sp³-hybridized carbons (Fsp3) is 0.255. The van der Waals surface area contributed by atoms with Crippen molar-refractivity contribution in [2.75, 3.05) is 59.4 Å². The molecule has 0 saturated heterocycles. The number of anilines is 10. The van der Waals surface area contributed by atoms with Gasteiger partial charge in [0.2, 0.25) is 0 Å². The lowest BCUT2D eigenvalue weighted by Gasteiger charge is -2.34. The first-order chi connectivity index (χ1) is 35.1. The number of aromatic nitrogens is 13. The van der Waals surface area contributed by atoms with E-state index in [1.807, 2.05) is 94.5 Å². The van der Waals surface area contributed by atoms with Crippen LogP contribution in [0.3, 0.4) is 0 Å². The summed E-state index contributed by atoms with van der Waals surface area (Å²) in [6.45, 7) is 11.5. The number of hydrogen-bond donors (Lipinski definition) is 6. The zero-order valence-electron chi connectivity index (χ0n) is 41.3. The van der Waals surface area contributed by atoms with Crippen LogP contribution in [0.25, 0.3) is 11.4 Å². The molecule has 6 N–H and O–H groups in total. The maximum atomic E-state index is 13.2. The number of carbonyl (C=O) groups excluding carboxylic acids is 2. The number of halogens is 1. The quantitative estimate of drug-likeness (QED) is 0.0738. The van der Waals surface area contributed by atoms with Crippen LogP contribution >= 0.6 is 0 Å². The Bertz CT molecular complexity index is 3360. The summed E-state index contributed by atoms with van der Waals surface area (Å²) in [5, 5.41) is 38.5. The second kappa shape index (κ2) is 20.2. The molecule has 10 rings (SSSR count). The number of rotatable bonds is 12. The molecule has 8 heterocycles. The van der Waals surface area contributed by atoms with Gasteiger partial charge in [-0.05, 0) is 77.9 Å². The minimum absolute atomic E-state index is 0.0101. The van der Waals surface area contributed by atoms with E-state index in [-0.39, 0.29) is 23.5 Å². The molecule has 0 bridgehead atoms. The summed E-state index contributed by atoms with van der Waals surface area (Å²) in [6, 6.07) is 19.3. The molecule has 6 aromatic heterocycles. The molecule has 0 aliphatic carbocycles. The van der Waals surface area contributed by atoms with Crippen LogP contribution < -0.4 is 42.0 Å². The third-order valence-corrected chi connectivity index (χ3v) is 11.7. The molecule has 2 aliphatic rings. The highest BCUT2D eigenvalue weighted by molar-refractivity contribution is 6.00. The third kappa shape index (κ3) is 9.91. The molecule has 2 atom stereocenters. The van der Waals surface area contributed by atoms with Gasteiger partial charge >= 0.3 is 0 Å². The van der Waals surface area contributed by atoms with E-state index in [4.69, 9.17) is 9.68 Å². The number of fused-ring (bicyclic) bond motifs is 6. The summed E-state index contributed by atoms with van der Waals surface area (Å²) >= 11 is 0. The molecule has 2 amide bonds. The summed E-state index contributed by atoms with van der Waals surface area (Å²) in [5.41, 5.74) is 11.2. The molecule has 25 nitrogen and oxygen atoms in total. The van der Waals surface area contributed by atoms with Crippen molar-refractivity contribution in [2.45, 2.75) is 53.6 Å². The highest BCUT2D eigenvalue weighted by atomic mass is 19.1. The van der Waals surface area contributed by atoms with Gasteiger partial charge in [-0.1, -0.05) is 12.1 Å². The summed E-state index contributed by atoms with van der Waals surface area (Å²) in [4.78, 5) is 61.0. The van der Waals surface area contributed by atoms with Gasteiger partial charge in [0.25, 0.3) is 11.8 Å². The second-order valence-electron chi connectivity index (χ2n) is 16.8. The molecule has 0 spiro atoms. The summed E-state index contributed by atoms with van der Waals surface area (Å²) in [7, 11) is 6.66. The number of amides is 2. The fourth-order valence-corrected chi connectivity index (χ4v) is 8.34. The molecular formula is C47H50FN21O4. The number of pyridine rings is 1. The van der Waals surface area contributed by atoms with Crippen molar-refractivity contribution < 1.29 is 23.7 Å². The molecule has 8 aromatic rings. The average molecular weight is 992 g/mol. The van der Waals surface area contributed by atoms with Gasteiger partial charge in [0.1, 0.15) is 34.9 Å². The van der Waals surface area contributed by atoms with Gasteiger partial charge in [0.15, 0.2) is 34.7 Å². The number of carbonyl (C=O) groups is 2. The van der Waals surface area contributed by atoms with Crippen molar-refractivity contribution in [1.82, 2.24) is 75.8 Å². The zero-order valence-corrected chi connectivity index (χ0v) is 41.3. The van der Waals surface area contributed by atoms with Crippen molar-refractivity contribution in [2.24, 2.45) is 0 Å². The second-order valence-corrected chi connectivity index (χ2v) is 16.8. The Morgan fingerprint density at radius 1 is 0.562 bits per heavy atom. The molecule has 2 aromatic carbocycles. The Kier molecular flexibility index (Phi) is 13.5. The number of para-hydroxylation sites is 2. The number of nitrogens with one attached hydrogen (secondary N) is 6. The predicted octanol–water partition coefficient (Wildman–Crippen LogP) is 6.25. The molecule has 2 unspecified atom stereocenters. The summed E-state index contributed by atoms with van der Waals surface area (Å²) in [5.74, 6) is 3.74. The van der Waals surface area contributed by atoms with Crippen LogP contribution in [0.1, 0.15) is 81.7 Å². The normalized spacial score (nSPS) is 14.1. The van der Waals surface area contributed by atoms with E-state index in [9.17, 15) is 14.0 Å². The molecule has 73 heavy (non-hydrogen) atoms. The van der Waals surface area contributed by atoms with E-state index in [0.29, 0.717) is 57.8 Å². The monoisotopic (exact) mass is 991 g/mol. The first kappa shape index (κ1) is 48.7. The number of nitrogens with zero attached hydrogens (tertiary/aromatic N) is 15. The van der Waals surface area contributed by atoms with E-state index in [0.717, 1.165) is 52.0 Å². The molecule has 26 heteroatoms. The lowest BCUT2D eigenvalue weighted by molar-refractivity contribution is 0.0528.